The number of hydrogen-bond donors (Lipinski definition) is 0. The second-order valence-corrected chi connectivity index (χ2v) is 4.39. The molecule has 0 saturated carbocycles. The third-order valence-electron chi connectivity index (χ3n) is 2.38. The third kappa shape index (κ3) is 2.14. The zero-order valence-corrected chi connectivity index (χ0v) is 8.36. The van der Waals surface area contributed by atoms with E-state index in [2.05, 4.69) is 20.3 Å². The minimum Gasteiger partial charge on any atom is -0.334 e. The lowest BCUT2D eigenvalue weighted by Gasteiger charge is -2.36. The smallest absolute Gasteiger partial charge is 0.167 e. The van der Waals surface area contributed by atoms with Crippen molar-refractivity contribution < 1.29 is 9.05 Å². The largest absolute Gasteiger partial charge is 0.334 e. The topological polar surface area (TPSA) is 18.5 Å². The van der Waals surface area contributed by atoms with Crippen molar-refractivity contribution in [2.24, 2.45) is 5.41 Å². The maximum atomic E-state index is 5.49. The first-order valence-corrected chi connectivity index (χ1v) is 5.65. The molecule has 0 aliphatic carbocycles. The van der Waals surface area contributed by atoms with E-state index in [4.69, 9.17) is 9.05 Å². The molecule has 0 N–H and O–H groups in total. The Bertz CT molecular complexity index is 113. The number of hydrogen-bond acceptors (Lipinski definition) is 2. The molecule has 11 heavy (non-hydrogen) atoms. The summed E-state index contributed by atoms with van der Waals surface area (Å²) >= 11 is 0. The average molecular weight is 175 g/mol. The molecule has 1 saturated heterocycles. The molecule has 2 nitrogen and oxygen atoms in total. The number of rotatable bonds is 2. The SMILES string of the molecule is C[CH]C1(CC)COP(C)OC1. The standard InChI is InChI=1S/C8H16O2P/c1-4-8(5-2)6-9-11(3)10-7-8/h4H,5-7H2,1-3H3. The van der Waals surface area contributed by atoms with Gasteiger partial charge in [-0.25, -0.2) is 0 Å². The molecular formula is C8H16O2P. The van der Waals surface area contributed by atoms with Crippen LogP contribution in [-0.2, 0) is 9.05 Å². The Morgan fingerprint density at radius 3 is 2.36 bits per heavy atom. The molecule has 0 bridgehead atoms. The van der Waals surface area contributed by atoms with Crippen molar-refractivity contribution in [3.63, 3.8) is 0 Å². The maximum Gasteiger partial charge on any atom is 0.167 e. The van der Waals surface area contributed by atoms with Crippen molar-refractivity contribution in [3.05, 3.63) is 6.42 Å². The van der Waals surface area contributed by atoms with Crippen LogP contribution in [0.5, 0.6) is 0 Å². The molecule has 0 aromatic heterocycles. The summed E-state index contributed by atoms with van der Waals surface area (Å²) in [4.78, 5) is 0. The summed E-state index contributed by atoms with van der Waals surface area (Å²) in [6.45, 7) is 7.93. The molecule has 1 aliphatic heterocycles. The summed E-state index contributed by atoms with van der Waals surface area (Å²) in [5, 5.41) is 0. The molecule has 0 unspecified atom stereocenters. The van der Waals surface area contributed by atoms with Crippen molar-refractivity contribution >= 4 is 8.38 Å². The molecule has 1 heterocycles. The van der Waals surface area contributed by atoms with Gasteiger partial charge in [-0.3, -0.25) is 0 Å². The van der Waals surface area contributed by atoms with Gasteiger partial charge in [0.25, 0.3) is 0 Å². The molecule has 0 atom stereocenters. The van der Waals surface area contributed by atoms with Crippen LogP contribution in [0.1, 0.15) is 20.3 Å². The average Bonchev–Trinajstić information content (AvgIpc) is 2.07. The minimum absolute atomic E-state index is 0.189. The van der Waals surface area contributed by atoms with Crippen molar-refractivity contribution in [2.75, 3.05) is 19.9 Å². The third-order valence-corrected chi connectivity index (χ3v) is 3.37. The summed E-state index contributed by atoms with van der Waals surface area (Å²) in [6, 6.07) is 0. The Kier molecular flexibility index (Phi) is 3.29. The first-order chi connectivity index (χ1) is 5.22. The highest BCUT2D eigenvalue weighted by molar-refractivity contribution is 7.46. The Hall–Kier alpha value is 0.350. The lowest BCUT2D eigenvalue weighted by molar-refractivity contribution is 0.0571. The molecule has 0 amide bonds. The molecule has 3 heteroatoms. The van der Waals surface area contributed by atoms with E-state index >= 15 is 0 Å². The van der Waals surface area contributed by atoms with Crippen LogP contribution in [0, 0.1) is 11.8 Å². The van der Waals surface area contributed by atoms with E-state index in [0.29, 0.717) is 0 Å². The van der Waals surface area contributed by atoms with Crippen molar-refractivity contribution in [2.45, 2.75) is 20.3 Å². The van der Waals surface area contributed by atoms with E-state index in [9.17, 15) is 0 Å². The predicted molar refractivity (Wildman–Crippen MR) is 47.4 cm³/mol. The summed E-state index contributed by atoms with van der Waals surface area (Å²) in [5.41, 5.74) is 0.189. The maximum absolute atomic E-state index is 5.49. The zero-order valence-electron chi connectivity index (χ0n) is 7.46. The van der Waals surface area contributed by atoms with E-state index in [1.165, 1.54) is 0 Å². The van der Waals surface area contributed by atoms with Gasteiger partial charge >= 0.3 is 0 Å². The van der Waals surface area contributed by atoms with Gasteiger partial charge in [0.15, 0.2) is 8.38 Å². The fourth-order valence-electron chi connectivity index (χ4n) is 1.09. The van der Waals surface area contributed by atoms with Gasteiger partial charge in [0.2, 0.25) is 0 Å². The Balaban J connectivity index is 2.45. The second-order valence-electron chi connectivity index (χ2n) is 2.99. The van der Waals surface area contributed by atoms with Crippen LogP contribution in [0.3, 0.4) is 0 Å². The van der Waals surface area contributed by atoms with Gasteiger partial charge in [0.1, 0.15) is 0 Å². The first-order valence-electron chi connectivity index (χ1n) is 4.02. The predicted octanol–water partition coefficient (Wildman–Crippen LogP) is 2.60. The van der Waals surface area contributed by atoms with Crippen LogP contribution in [0.25, 0.3) is 0 Å². The van der Waals surface area contributed by atoms with Gasteiger partial charge in [-0.05, 0) is 12.8 Å². The van der Waals surface area contributed by atoms with Gasteiger partial charge in [0, 0.05) is 12.1 Å². The second kappa shape index (κ2) is 3.84. The first kappa shape index (κ1) is 9.44. The van der Waals surface area contributed by atoms with Crippen molar-refractivity contribution in [1.29, 1.82) is 0 Å². The Morgan fingerprint density at radius 1 is 1.45 bits per heavy atom. The molecule has 1 aliphatic rings. The van der Waals surface area contributed by atoms with Crippen LogP contribution < -0.4 is 0 Å². The van der Waals surface area contributed by atoms with Crippen LogP contribution in [0.2, 0.25) is 0 Å². The monoisotopic (exact) mass is 175 g/mol. The summed E-state index contributed by atoms with van der Waals surface area (Å²) in [7, 11) is -0.582. The molecule has 0 aromatic carbocycles. The molecular weight excluding hydrogens is 159 g/mol. The van der Waals surface area contributed by atoms with Gasteiger partial charge in [0.05, 0.1) is 13.2 Å². The normalized spacial score (nSPS) is 25.4. The Labute approximate surface area is 70.2 Å². The Morgan fingerprint density at radius 2 is 2.00 bits per heavy atom. The lowest BCUT2D eigenvalue weighted by Crippen LogP contribution is -2.33. The quantitative estimate of drug-likeness (QED) is 0.600. The molecule has 1 rings (SSSR count). The van der Waals surface area contributed by atoms with E-state index in [-0.39, 0.29) is 5.41 Å². The van der Waals surface area contributed by atoms with Crippen LogP contribution >= 0.6 is 8.38 Å². The lowest BCUT2D eigenvalue weighted by atomic mass is 9.84. The van der Waals surface area contributed by atoms with E-state index in [1.807, 2.05) is 6.66 Å². The van der Waals surface area contributed by atoms with Crippen LogP contribution in [0.4, 0.5) is 0 Å². The highest BCUT2D eigenvalue weighted by Crippen LogP contribution is 2.44. The fourth-order valence-corrected chi connectivity index (χ4v) is 2.05. The summed E-state index contributed by atoms with van der Waals surface area (Å²) in [5.74, 6) is 0. The van der Waals surface area contributed by atoms with Gasteiger partial charge < -0.3 is 9.05 Å². The van der Waals surface area contributed by atoms with Gasteiger partial charge in [-0.2, -0.15) is 0 Å². The molecule has 1 radical (unpaired) electrons. The highest BCUT2D eigenvalue weighted by Gasteiger charge is 2.32. The highest BCUT2D eigenvalue weighted by atomic mass is 31.2. The molecule has 1 fully saturated rings. The van der Waals surface area contributed by atoms with Gasteiger partial charge in [-0.1, -0.05) is 13.8 Å². The molecule has 0 spiro atoms. The van der Waals surface area contributed by atoms with Gasteiger partial charge in [-0.15, -0.1) is 0 Å². The van der Waals surface area contributed by atoms with Crippen LogP contribution in [0.15, 0.2) is 0 Å². The molecule has 65 valence electrons. The molecule has 0 aromatic rings. The van der Waals surface area contributed by atoms with E-state index < -0.39 is 8.38 Å². The summed E-state index contributed by atoms with van der Waals surface area (Å²) < 4.78 is 11.0. The van der Waals surface area contributed by atoms with Crippen molar-refractivity contribution in [3.8, 4) is 0 Å². The van der Waals surface area contributed by atoms with E-state index in [1.54, 1.807) is 0 Å². The van der Waals surface area contributed by atoms with Crippen molar-refractivity contribution in [1.82, 2.24) is 0 Å². The summed E-state index contributed by atoms with van der Waals surface area (Å²) in [6.07, 6.45) is 3.31. The fraction of sp³-hybridized carbons (Fsp3) is 0.875. The van der Waals surface area contributed by atoms with Crippen LogP contribution in [-0.4, -0.2) is 19.9 Å². The van der Waals surface area contributed by atoms with E-state index in [0.717, 1.165) is 19.6 Å². The minimum atomic E-state index is -0.582. The zero-order chi connectivity index (χ0) is 8.32.